The van der Waals surface area contributed by atoms with Crippen LogP contribution in [-0.2, 0) is 0 Å². The average molecular weight is 285 g/mol. The third kappa shape index (κ3) is 4.87. The molecule has 1 aromatic rings. The van der Waals surface area contributed by atoms with E-state index in [-0.39, 0.29) is 23.2 Å². The number of carbonyl (C=O) groups excluding carboxylic acids is 1. The molecule has 6 heteroatoms. The maximum absolute atomic E-state index is 12.0. The number of hydrogen-bond acceptors (Lipinski definition) is 3. The molecule has 5 nitrogen and oxygen atoms in total. The van der Waals surface area contributed by atoms with Crippen molar-refractivity contribution in [3.05, 3.63) is 39.9 Å². The molecular formula is C13H17ClN2O3. The summed E-state index contributed by atoms with van der Waals surface area (Å²) in [4.78, 5) is 22.1. The first-order valence-electron chi connectivity index (χ1n) is 6.05. The largest absolute Gasteiger partial charge is 0.348 e. The predicted octanol–water partition coefficient (Wildman–Crippen LogP) is 2.98. The summed E-state index contributed by atoms with van der Waals surface area (Å²) in [6.45, 7) is 4.08. The van der Waals surface area contributed by atoms with Crippen molar-refractivity contribution in [1.82, 2.24) is 5.32 Å². The van der Waals surface area contributed by atoms with Gasteiger partial charge in [-0.05, 0) is 18.4 Å². The Hall–Kier alpha value is -1.62. The summed E-state index contributed by atoms with van der Waals surface area (Å²) < 4.78 is 0. The maximum Gasteiger partial charge on any atom is 0.270 e. The number of rotatable bonds is 6. The zero-order valence-electron chi connectivity index (χ0n) is 10.9. The average Bonchev–Trinajstić information content (AvgIpc) is 2.37. The van der Waals surface area contributed by atoms with E-state index in [2.05, 4.69) is 5.32 Å². The summed E-state index contributed by atoms with van der Waals surface area (Å²) in [7, 11) is 0. The molecule has 0 spiro atoms. The van der Waals surface area contributed by atoms with Crippen LogP contribution in [0.4, 0.5) is 5.69 Å². The highest BCUT2D eigenvalue weighted by Crippen LogP contribution is 2.14. The number of carbonyl (C=O) groups is 1. The van der Waals surface area contributed by atoms with Gasteiger partial charge in [0.1, 0.15) is 0 Å². The van der Waals surface area contributed by atoms with Crippen LogP contribution in [0, 0.1) is 16.0 Å². The molecule has 1 N–H and O–H groups in total. The lowest BCUT2D eigenvalue weighted by Gasteiger charge is -2.18. The minimum Gasteiger partial charge on any atom is -0.348 e. The molecule has 0 bridgehead atoms. The molecule has 0 aliphatic heterocycles. The molecule has 0 aliphatic carbocycles. The van der Waals surface area contributed by atoms with Gasteiger partial charge in [-0.3, -0.25) is 14.9 Å². The topological polar surface area (TPSA) is 72.2 Å². The summed E-state index contributed by atoms with van der Waals surface area (Å²) in [6.07, 6.45) is 0.768. The van der Waals surface area contributed by atoms with Crippen molar-refractivity contribution in [2.75, 3.05) is 5.88 Å². The molecule has 104 valence electrons. The Bertz CT molecular complexity index is 463. The fourth-order valence-electron chi connectivity index (χ4n) is 1.76. The van der Waals surface area contributed by atoms with Crippen LogP contribution in [0.1, 0.15) is 30.6 Å². The van der Waals surface area contributed by atoms with Crippen molar-refractivity contribution < 1.29 is 9.72 Å². The SMILES string of the molecule is CC(C)CC(CCl)NC(=O)c1cccc([N+](=O)[O-])c1. The van der Waals surface area contributed by atoms with Crippen LogP contribution in [0.2, 0.25) is 0 Å². The van der Waals surface area contributed by atoms with Crippen molar-refractivity contribution in [2.45, 2.75) is 26.3 Å². The zero-order chi connectivity index (χ0) is 14.4. The highest BCUT2D eigenvalue weighted by molar-refractivity contribution is 6.18. The van der Waals surface area contributed by atoms with Gasteiger partial charge in [-0.2, -0.15) is 0 Å². The number of amides is 1. The van der Waals surface area contributed by atoms with E-state index in [1.165, 1.54) is 18.2 Å². The van der Waals surface area contributed by atoms with Crippen LogP contribution in [0.15, 0.2) is 24.3 Å². The Morgan fingerprint density at radius 3 is 2.68 bits per heavy atom. The normalized spacial score (nSPS) is 12.2. The first kappa shape index (κ1) is 15.4. The molecule has 0 radical (unpaired) electrons. The predicted molar refractivity (Wildman–Crippen MR) is 74.5 cm³/mol. The van der Waals surface area contributed by atoms with E-state index < -0.39 is 4.92 Å². The Balaban J connectivity index is 2.77. The highest BCUT2D eigenvalue weighted by atomic mass is 35.5. The molecule has 1 aromatic carbocycles. The third-order valence-corrected chi connectivity index (χ3v) is 2.97. The molecule has 0 aromatic heterocycles. The van der Waals surface area contributed by atoms with E-state index in [4.69, 9.17) is 11.6 Å². The molecule has 1 amide bonds. The summed E-state index contributed by atoms with van der Waals surface area (Å²) in [6, 6.07) is 5.52. The van der Waals surface area contributed by atoms with Crippen molar-refractivity contribution in [3.63, 3.8) is 0 Å². The summed E-state index contributed by atoms with van der Waals surface area (Å²) >= 11 is 5.80. The van der Waals surface area contributed by atoms with Crippen molar-refractivity contribution >= 4 is 23.2 Å². The minimum atomic E-state index is -0.524. The van der Waals surface area contributed by atoms with Crippen LogP contribution >= 0.6 is 11.6 Å². The van der Waals surface area contributed by atoms with E-state index in [1.807, 2.05) is 13.8 Å². The second kappa shape index (κ2) is 7.09. The van der Waals surface area contributed by atoms with Gasteiger partial charge in [-0.25, -0.2) is 0 Å². The lowest BCUT2D eigenvalue weighted by molar-refractivity contribution is -0.384. The van der Waals surface area contributed by atoms with Gasteiger partial charge in [0.25, 0.3) is 11.6 Å². The number of halogens is 1. The molecule has 19 heavy (non-hydrogen) atoms. The minimum absolute atomic E-state index is 0.0982. The molecule has 0 saturated carbocycles. The van der Waals surface area contributed by atoms with Crippen LogP contribution in [0.5, 0.6) is 0 Å². The fraction of sp³-hybridized carbons (Fsp3) is 0.462. The first-order valence-corrected chi connectivity index (χ1v) is 6.58. The van der Waals surface area contributed by atoms with E-state index in [1.54, 1.807) is 6.07 Å². The monoisotopic (exact) mass is 284 g/mol. The number of nitrogens with zero attached hydrogens (tertiary/aromatic N) is 1. The Labute approximate surface area is 117 Å². The standard InChI is InChI=1S/C13H17ClN2O3/c1-9(2)6-11(8-14)15-13(17)10-4-3-5-12(7-10)16(18)19/h3-5,7,9,11H,6,8H2,1-2H3,(H,15,17). The maximum atomic E-state index is 12.0. The van der Waals surface area contributed by atoms with E-state index in [0.29, 0.717) is 11.8 Å². The molecule has 1 atom stereocenters. The van der Waals surface area contributed by atoms with Gasteiger partial charge in [0, 0.05) is 29.6 Å². The van der Waals surface area contributed by atoms with Gasteiger partial charge < -0.3 is 5.32 Å². The number of non-ortho nitro benzene ring substituents is 1. The first-order chi connectivity index (χ1) is 8.93. The number of nitro groups is 1. The molecule has 0 heterocycles. The Morgan fingerprint density at radius 2 is 2.16 bits per heavy atom. The molecule has 1 unspecified atom stereocenters. The van der Waals surface area contributed by atoms with E-state index >= 15 is 0 Å². The number of hydrogen-bond donors (Lipinski definition) is 1. The van der Waals surface area contributed by atoms with Crippen molar-refractivity contribution in [1.29, 1.82) is 0 Å². The van der Waals surface area contributed by atoms with Crippen molar-refractivity contribution in [2.24, 2.45) is 5.92 Å². The van der Waals surface area contributed by atoms with Crippen LogP contribution in [-0.4, -0.2) is 22.8 Å². The summed E-state index contributed by atoms with van der Waals surface area (Å²) in [5.41, 5.74) is 0.173. The lowest BCUT2D eigenvalue weighted by atomic mass is 10.0. The molecule has 0 fully saturated rings. The molecule has 1 rings (SSSR count). The summed E-state index contributed by atoms with van der Waals surface area (Å²) in [5.74, 6) is 0.392. The molecule has 0 aliphatic rings. The number of benzene rings is 1. The van der Waals surface area contributed by atoms with Crippen LogP contribution in [0.3, 0.4) is 0 Å². The van der Waals surface area contributed by atoms with Gasteiger partial charge in [0.2, 0.25) is 0 Å². The number of nitrogens with one attached hydrogen (secondary N) is 1. The third-order valence-electron chi connectivity index (χ3n) is 2.60. The zero-order valence-corrected chi connectivity index (χ0v) is 11.7. The van der Waals surface area contributed by atoms with Gasteiger partial charge in [0.05, 0.1) is 4.92 Å². The van der Waals surface area contributed by atoms with Gasteiger partial charge in [-0.15, -0.1) is 11.6 Å². The van der Waals surface area contributed by atoms with E-state index in [0.717, 1.165) is 6.42 Å². The molecule has 0 saturated heterocycles. The van der Waals surface area contributed by atoms with Crippen LogP contribution in [0.25, 0.3) is 0 Å². The highest BCUT2D eigenvalue weighted by Gasteiger charge is 2.16. The van der Waals surface area contributed by atoms with Gasteiger partial charge in [0.15, 0.2) is 0 Å². The smallest absolute Gasteiger partial charge is 0.270 e. The Kier molecular flexibility index (Phi) is 5.76. The van der Waals surface area contributed by atoms with Gasteiger partial charge >= 0.3 is 0 Å². The fourth-order valence-corrected chi connectivity index (χ4v) is 1.96. The number of nitro benzene ring substituents is 1. The summed E-state index contributed by atoms with van der Waals surface area (Å²) in [5, 5.41) is 13.4. The van der Waals surface area contributed by atoms with Crippen molar-refractivity contribution in [3.8, 4) is 0 Å². The quantitative estimate of drug-likeness (QED) is 0.496. The second-order valence-corrected chi connectivity index (χ2v) is 5.07. The Morgan fingerprint density at radius 1 is 1.47 bits per heavy atom. The second-order valence-electron chi connectivity index (χ2n) is 4.76. The van der Waals surface area contributed by atoms with Crippen LogP contribution < -0.4 is 5.32 Å². The van der Waals surface area contributed by atoms with Gasteiger partial charge in [-0.1, -0.05) is 19.9 Å². The molecular weight excluding hydrogens is 268 g/mol. The number of alkyl halides is 1. The lowest BCUT2D eigenvalue weighted by Crippen LogP contribution is -2.37. The van der Waals surface area contributed by atoms with E-state index in [9.17, 15) is 14.9 Å².